The second kappa shape index (κ2) is 5.93. The summed E-state index contributed by atoms with van der Waals surface area (Å²) in [5.41, 5.74) is 2.90. The Labute approximate surface area is 147 Å². The van der Waals surface area contributed by atoms with E-state index in [-0.39, 0.29) is 5.54 Å². The lowest BCUT2D eigenvalue weighted by atomic mass is 9.92. The van der Waals surface area contributed by atoms with E-state index in [1.807, 2.05) is 30.6 Å². The third-order valence-electron chi connectivity index (χ3n) is 5.17. The Morgan fingerprint density at radius 3 is 2.80 bits per heavy atom. The molecule has 0 saturated carbocycles. The van der Waals surface area contributed by atoms with Gasteiger partial charge in [0.2, 0.25) is 0 Å². The van der Waals surface area contributed by atoms with Crippen LogP contribution in [0.3, 0.4) is 0 Å². The molecule has 1 atom stereocenters. The summed E-state index contributed by atoms with van der Waals surface area (Å²) in [5, 5.41) is 1.97. The molecule has 2 aromatic rings. The lowest BCUT2D eigenvalue weighted by Gasteiger charge is -2.38. The van der Waals surface area contributed by atoms with Gasteiger partial charge in [-0.2, -0.15) is 5.06 Å². The van der Waals surface area contributed by atoms with Crippen LogP contribution in [0.15, 0.2) is 23.6 Å². The van der Waals surface area contributed by atoms with E-state index >= 15 is 0 Å². The van der Waals surface area contributed by atoms with Crippen LogP contribution in [0.2, 0.25) is 0 Å². The summed E-state index contributed by atoms with van der Waals surface area (Å²) in [6, 6.07) is 0. The van der Waals surface area contributed by atoms with Crippen molar-refractivity contribution in [2.45, 2.75) is 39.2 Å². The van der Waals surface area contributed by atoms with Crippen molar-refractivity contribution >= 4 is 17.7 Å². The first-order valence-corrected chi connectivity index (χ1v) is 8.71. The molecule has 4 rings (SSSR count). The van der Waals surface area contributed by atoms with Crippen molar-refractivity contribution in [2.24, 2.45) is 4.99 Å². The summed E-state index contributed by atoms with van der Waals surface area (Å²) in [6.07, 6.45) is 9.92. The first-order chi connectivity index (χ1) is 12.1. The van der Waals surface area contributed by atoms with E-state index in [2.05, 4.69) is 34.5 Å². The predicted octanol–water partition coefficient (Wildman–Crippen LogP) is 2.78. The lowest BCUT2D eigenvalue weighted by Crippen LogP contribution is -2.49. The Morgan fingerprint density at radius 1 is 1.28 bits per heavy atom. The third-order valence-corrected chi connectivity index (χ3v) is 5.17. The molecule has 0 bridgehead atoms. The third kappa shape index (κ3) is 2.38. The van der Waals surface area contributed by atoms with Crippen molar-refractivity contribution in [3.63, 3.8) is 0 Å². The van der Waals surface area contributed by atoms with Crippen LogP contribution in [-0.2, 0) is 4.84 Å². The monoisotopic (exact) mass is 340 g/mol. The summed E-state index contributed by atoms with van der Waals surface area (Å²) < 4.78 is 2.09. The molecule has 132 valence electrons. The second-order valence-electron chi connectivity index (χ2n) is 6.81. The zero-order valence-electron chi connectivity index (χ0n) is 15.2. The normalized spacial score (nSPS) is 22.3. The van der Waals surface area contributed by atoms with Gasteiger partial charge in [-0.25, -0.2) is 9.97 Å². The topological polar surface area (TPSA) is 58.8 Å². The van der Waals surface area contributed by atoms with Crippen molar-refractivity contribution in [1.82, 2.24) is 19.6 Å². The molecule has 1 fully saturated rings. The van der Waals surface area contributed by atoms with E-state index in [9.17, 15) is 0 Å². The summed E-state index contributed by atoms with van der Waals surface area (Å²) in [6.45, 7) is 7.76. The van der Waals surface area contributed by atoms with E-state index in [1.165, 1.54) is 0 Å². The minimum atomic E-state index is -0.152. The van der Waals surface area contributed by atoms with Crippen LogP contribution in [0, 0.1) is 13.8 Å². The fourth-order valence-corrected chi connectivity index (χ4v) is 3.95. The number of anilines is 1. The summed E-state index contributed by atoms with van der Waals surface area (Å²) >= 11 is 0. The minimum Gasteiger partial charge on any atom is -0.327 e. The van der Waals surface area contributed by atoms with Gasteiger partial charge in [-0.05, 0) is 25.8 Å². The molecular weight excluding hydrogens is 316 g/mol. The molecule has 2 aliphatic rings. The number of hydrogen-bond donors (Lipinski definition) is 0. The molecule has 7 nitrogen and oxygen atoms in total. The molecule has 0 N–H and O–H groups in total. The van der Waals surface area contributed by atoms with E-state index in [1.54, 1.807) is 7.11 Å². The van der Waals surface area contributed by atoms with Gasteiger partial charge in [-0.15, -0.1) is 0 Å². The highest BCUT2D eigenvalue weighted by Gasteiger charge is 2.47. The van der Waals surface area contributed by atoms with Gasteiger partial charge < -0.3 is 14.3 Å². The van der Waals surface area contributed by atoms with Crippen molar-refractivity contribution < 1.29 is 4.84 Å². The van der Waals surface area contributed by atoms with Gasteiger partial charge in [0, 0.05) is 24.8 Å². The predicted molar refractivity (Wildman–Crippen MR) is 97.7 cm³/mol. The largest absolute Gasteiger partial charge is 0.327 e. The summed E-state index contributed by atoms with van der Waals surface area (Å²) in [7, 11) is 1.72. The van der Waals surface area contributed by atoms with Crippen LogP contribution in [0.1, 0.15) is 31.2 Å². The summed E-state index contributed by atoms with van der Waals surface area (Å²) in [5.74, 6) is 1.86. The quantitative estimate of drug-likeness (QED) is 0.856. The SMILES string of the molecule is CCCC12C=Nc3c(ncc(C)c3-n3ccnc3C)N1CN(OC)C2. The fourth-order valence-electron chi connectivity index (χ4n) is 3.95. The average molecular weight is 340 g/mol. The highest BCUT2D eigenvalue weighted by Crippen LogP contribution is 2.44. The van der Waals surface area contributed by atoms with Crippen molar-refractivity contribution in [3.8, 4) is 5.69 Å². The maximum absolute atomic E-state index is 5.52. The number of rotatable bonds is 4. The molecule has 7 heteroatoms. The van der Waals surface area contributed by atoms with Crippen molar-refractivity contribution in [2.75, 3.05) is 25.2 Å². The first-order valence-electron chi connectivity index (χ1n) is 8.71. The molecule has 1 unspecified atom stereocenters. The zero-order chi connectivity index (χ0) is 17.6. The number of hydroxylamine groups is 2. The van der Waals surface area contributed by atoms with Gasteiger partial charge in [0.15, 0.2) is 5.82 Å². The van der Waals surface area contributed by atoms with E-state index in [4.69, 9.17) is 14.8 Å². The van der Waals surface area contributed by atoms with Gasteiger partial charge in [0.1, 0.15) is 11.5 Å². The minimum absolute atomic E-state index is 0.152. The molecule has 0 aliphatic carbocycles. The van der Waals surface area contributed by atoms with Crippen LogP contribution < -0.4 is 4.90 Å². The van der Waals surface area contributed by atoms with Crippen LogP contribution in [-0.4, -0.2) is 51.7 Å². The first kappa shape index (κ1) is 16.2. The molecule has 0 radical (unpaired) electrons. The van der Waals surface area contributed by atoms with E-state index in [0.717, 1.165) is 48.0 Å². The number of hydrogen-bond acceptors (Lipinski definition) is 6. The molecule has 2 aliphatic heterocycles. The molecule has 4 heterocycles. The second-order valence-corrected chi connectivity index (χ2v) is 6.81. The number of aryl methyl sites for hydroxylation is 2. The highest BCUT2D eigenvalue weighted by molar-refractivity contribution is 5.91. The molecule has 2 aromatic heterocycles. The lowest BCUT2D eigenvalue weighted by molar-refractivity contribution is -0.114. The number of imidazole rings is 1. The number of aromatic nitrogens is 3. The number of aliphatic imine (C=N–C) groups is 1. The smallest absolute Gasteiger partial charge is 0.158 e. The molecule has 0 amide bonds. The Bertz CT molecular complexity index is 829. The number of nitrogens with zero attached hydrogens (tertiary/aromatic N) is 6. The maximum Gasteiger partial charge on any atom is 0.158 e. The molecule has 1 saturated heterocycles. The Balaban J connectivity index is 1.89. The van der Waals surface area contributed by atoms with Crippen molar-refractivity contribution in [1.29, 1.82) is 0 Å². The maximum atomic E-state index is 5.52. The van der Waals surface area contributed by atoms with Gasteiger partial charge in [0.25, 0.3) is 0 Å². The highest BCUT2D eigenvalue weighted by atomic mass is 16.7. The van der Waals surface area contributed by atoms with Gasteiger partial charge in [0.05, 0.1) is 31.5 Å². The van der Waals surface area contributed by atoms with Crippen LogP contribution in [0.4, 0.5) is 11.5 Å². The Hall–Kier alpha value is -2.25. The Kier molecular flexibility index (Phi) is 3.85. The van der Waals surface area contributed by atoms with Crippen LogP contribution >= 0.6 is 0 Å². The fraction of sp³-hybridized carbons (Fsp3) is 0.500. The standard InChI is InChI=1S/C18H24N6O/c1-5-6-18-10-21-15-16(23-8-7-19-14(23)3)13(2)9-20-17(15)24(18)12-22(11-18)25-4/h7-10H,5-6,11-12H2,1-4H3. The average Bonchev–Trinajstić information content (AvgIpc) is 3.18. The van der Waals surface area contributed by atoms with Crippen LogP contribution in [0.25, 0.3) is 5.69 Å². The van der Waals surface area contributed by atoms with Crippen molar-refractivity contribution in [3.05, 3.63) is 30.0 Å². The van der Waals surface area contributed by atoms with Gasteiger partial charge in [-0.3, -0.25) is 4.99 Å². The van der Waals surface area contributed by atoms with Gasteiger partial charge in [-0.1, -0.05) is 13.3 Å². The number of pyridine rings is 1. The summed E-state index contributed by atoms with van der Waals surface area (Å²) in [4.78, 5) is 21.9. The number of fused-ring (bicyclic) bond motifs is 3. The molecule has 0 spiro atoms. The molecule has 25 heavy (non-hydrogen) atoms. The Morgan fingerprint density at radius 2 is 2.12 bits per heavy atom. The van der Waals surface area contributed by atoms with E-state index < -0.39 is 0 Å². The van der Waals surface area contributed by atoms with Gasteiger partial charge >= 0.3 is 0 Å². The van der Waals surface area contributed by atoms with Crippen LogP contribution in [0.5, 0.6) is 0 Å². The molecular formula is C18H24N6O. The van der Waals surface area contributed by atoms with E-state index in [0.29, 0.717) is 6.67 Å². The molecule has 0 aromatic carbocycles. The zero-order valence-corrected chi connectivity index (χ0v) is 15.2.